The third-order valence-corrected chi connectivity index (χ3v) is 4.30. The maximum absolute atomic E-state index is 6.30. The van der Waals surface area contributed by atoms with E-state index < -0.39 is 0 Å². The molecule has 2 fully saturated rings. The van der Waals surface area contributed by atoms with E-state index in [-0.39, 0.29) is 5.54 Å². The molecular weight excluding hydrogens is 184 g/mol. The Labute approximate surface area is 94.2 Å². The third kappa shape index (κ3) is 2.36. The Morgan fingerprint density at radius 3 is 2.27 bits per heavy atom. The van der Waals surface area contributed by atoms with Gasteiger partial charge in [0.1, 0.15) is 0 Å². The first kappa shape index (κ1) is 11.4. The minimum atomic E-state index is 0.238. The van der Waals surface area contributed by atoms with Gasteiger partial charge in [-0.2, -0.15) is 0 Å². The van der Waals surface area contributed by atoms with Gasteiger partial charge in [-0.15, -0.1) is 0 Å². The van der Waals surface area contributed by atoms with Crippen molar-refractivity contribution in [1.29, 1.82) is 0 Å². The van der Waals surface area contributed by atoms with Crippen molar-refractivity contribution in [2.24, 2.45) is 17.6 Å². The molecule has 1 heterocycles. The molecule has 1 saturated heterocycles. The Morgan fingerprint density at radius 1 is 1.07 bits per heavy atom. The number of hydrogen-bond acceptors (Lipinski definition) is 2. The molecule has 2 N–H and O–H groups in total. The molecule has 1 aliphatic carbocycles. The summed E-state index contributed by atoms with van der Waals surface area (Å²) in [6, 6.07) is 0. The second kappa shape index (κ2) is 4.06. The first-order valence-corrected chi connectivity index (χ1v) is 6.51. The van der Waals surface area contributed by atoms with Crippen LogP contribution in [0.2, 0.25) is 0 Å². The molecule has 2 rings (SSSR count). The third-order valence-electron chi connectivity index (χ3n) is 4.30. The van der Waals surface area contributed by atoms with Crippen LogP contribution >= 0.6 is 0 Å². The predicted octanol–water partition coefficient (Wildman–Crippen LogP) is 2.58. The highest BCUT2D eigenvalue weighted by molar-refractivity contribution is 4.91. The smallest absolute Gasteiger partial charge is 0.0579 e. The molecule has 1 aliphatic heterocycles. The van der Waals surface area contributed by atoms with E-state index in [1.165, 1.54) is 38.6 Å². The zero-order chi connectivity index (χ0) is 11.1. The number of fused-ring (bicyclic) bond motifs is 1. The predicted molar refractivity (Wildman–Crippen MR) is 64.5 cm³/mol. The molecule has 3 unspecified atom stereocenters. The van der Waals surface area contributed by atoms with Gasteiger partial charge in [0.25, 0.3) is 0 Å². The lowest BCUT2D eigenvalue weighted by atomic mass is 9.73. The summed E-state index contributed by atoms with van der Waals surface area (Å²) in [6.45, 7) is 8.09. The van der Waals surface area contributed by atoms with E-state index in [4.69, 9.17) is 5.73 Å². The first-order chi connectivity index (χ1) is 6.98. The maximum atomic E-state index is 6.30. The van der Waals surface area contributed by atoms with Crippen molar-refractivity contribution in [2.45, 2.75) is 64.6 Å². The van der Waals surface area contributed by atoms with Crippen LogP contribution in [0.1, 0.15) is 52.9 Å². The highest BCUT2D eigenvalue weighted by atomic mass is 15.3. The molecule has 0 aromatic carbocycles. The molecule has 0 aromatic heterocycles. The molecule has 2 heteroatoms. The number of hydrogen-bond donors (Lipinski definition) is 1. The van der Waals surface area contributed by atoms with Gasteiger partial charge in [0.15, 0.2) is 0 Å². The van der Waals surface area contributed by atoms with Crippen LogP contribution in [0.3, 0.4) is 0 Å². The Hall–Kier alpha value is -0.0800. The second-order valence-corrected chi connectivity index (χ2v) is 6.43. The number of rotatable bonds is 0. The maximum Gasteiger partial charge on any atom is 0.0579 e. The molecule has 0 radical (unpaired) electrons. The highest BCUT2D eigenvalue weighted by Crippen LogP contribution is 2.39. The van der Waals surface area contributed by atoms with Crippen LogP contribution in [0.25, 0.3) is 0 Å². The van der Waals surface area contributed by atoms with Crippen LogP contribution in [-0.4, -0.2) is 23.1 Å². The summed E-state index contributed by atoms with van der Waals surface area (Å²) < 4.78 is 0. The summed E-state index contributed by atoms with van der Waals surface area (Å²) in [5.41, 5.74) is 6.54. The lowest BCUT2D eigenvalue weighted by Crippen LogP contribution is -2.59. The van der Waals surface area contributed by atoms with E-state index in [0.29, 0.717) is 6.17 Å². The van der Waals surface area contributed by atoms with Gasteiger partial charge >= 0.3 is 0 Å². The normalized spacial score (nSPS) is 38.8. The van der Waals surface area contributed by atoms with Crippen LogP contribution in [0, 0.1) is 11.8 Å². The fourth-order valence-corrected chi connectivity index (χ4v) is 3.43. The van der Waals surface area contributed by atoms with Crippen molar-refractivity contribution in [3.05, 3.63) is 0 Å². The lowest BCUT2D eigenvalue weighted by Gasteiger charge is -2.50. The summed E-state index contributed by atoms with van der Waals surface area (Å²) in [6.07, 6.45) is 7.25. The van der Waals surface area contributed by atoms with Gasteiger partial charge in [-0.1, -0.05) is 19.3 Å². The number of likely N-dealkylation sites (tertiary alicyclic amines) is 1. The second-order valence-electron chi connectivity index (χ2n) is 6.43. The molecule has 3 atom stereocenters. The first-order valence-electron chi connectivity index (χ1n) is 6.51. The standard InChI is InChI=1S/C13H26N2/c1-13(2,3)15-9-11-7-5-4-6-10(11)8-12(15)14/h10-12H,4-9,14H2,1-3H3. The van der Waals surface area contributed by atoms with E-state index >= 15 is 0 Å². The van der Waals surface area contributed by atoms with Gasteiger partial charge in [0.05, 0.1) is 6.17 Å². The fourth-order valence-electron chi connectivity index (χ4n) is 3.43. The average molecular weight is 210 g/mol. The summed E-state index contributed by atoms with van der Waals surface area (Å²) in [4.78, 5) is 2.51. The van der Waals surface area contributed by atoms with Crippen molar-refractivity contribution in [3.8, 4) is 0 Å². The van der Waals surface area contributed by atoms with Gasteiger partial charge in [-0.3, -0.25) is 4.90 Å². The van der Waals surface area contributed by atoms with Gasteiger partial charge in [0.2, 0.25) is 0 Å². The van der Waals surface area contributed by atoms with Crippen molar-refractivity contribution in [1.82, 2.24) is 4.90 Å². The number of piperidine rings is 1. The summed E-state index contributed by atoms with van der Waals surface area (Å²) in [5.74, 6) is 1.85. The quantitative estimate of drug-likeness (QED) is 0.666. The van der Waals surface area contributed by atoms with Gasteiger partial charge in [0, 0.05) is 12.1 Å². The summed E-state index contributed by atoms with van der Waals surface area (Å²) >= 11 is 0. The SMILES string of the molecule is CC(C)(C)N1CC2CCCCC2CC1N. The highest BCUT2D eigenvalue weighted by Gasteiger charge is 2.38. The van der Waals surface area contributed by atoms with E-state index in [9.17, 15) is 0 Å². The van der Waals surface area contributed by atoms with Gasteiger partial charge < -0.3 is 5.73 Å². The minimum Gasteiger partial charge on any atom is -0.316 e. The number of nitrogens with two attached hydrogens (primary N) is 1. The zero-order valence-electron chi connectivity index (χ0n) is 10.5. The molecule has 1 saturated carbocycles. The molecule has 88 valence electrons. The molecule has 15 heavy (non-hydrogen) atoms. The van der Waals surface area contributed by atoms with Gasteiger partial charge in [-0.05, 0) is 45.4 Å². The van der Waals surface area contributed by atoms with Crippen LogP contribution < -0.4 is 5.73 Å². The van der Waals surface area contributed by atoms with E-state index in [1.807, 2.05) is 0 Å². The van der Waals surface area contributed by atoms with Gasteiger partial charge in [-0.25, -0.2) is 0 Å². The van der Waals surface area contributed by atoms with Crippen LogP contribution in [0.4, 0.5) is 0 Å². The average Bonchev–Trinajstić information content (AvgIpc) is 2.15. The number of nitrogens with zero attached hydrogens (tertiary/aromatic N) is 1. The molecular formula is C13H26N2. The van der Waals surface area contributed by atoms with Crippen molar-refractivity contribution >= 4 is 0 Å². The lowest BCUT2D eigenvalue weighted by molar-refractivity contribution is -0.0153. The Balaban J connectivity index is 2.05. The molecule has 0 bridgehead atoms. The van der Waals surface area contributed by atoms with Crippen molar-refractivity contribution in [3.63, 3.8) is 0 Å². The van der Waals surface area contributed by atoms with E-state index in [2.05, 4.69) is 25.7 Å². The molecule has 0 spiro atoms. The Bertz CT molecular complexity index is 219. The van der Waals surface area contributed by atoms with Crippen LogP contribution in [-0.2, 0) is 0 Å². The van der Waals surface area contributed by atoms with Crippen molar-refractivity contribution < 1.29 is 0 Å². The van der Waals surface area contributed by atoms with E-state index in [1.54, 1.807) is 0 Å². The minimum absolute atomic E-state index is 0.238. The fraction of sp³-hybridized carbons (Fsp3) is 1.00. The largest absolute Gasteiger partial charge is 0.316 e. The molecule has 0 amide bonds. The molecule has 0 aromatic rings. The monoisotopic (exact) mass is 210 g/mol. The summed E-state index contributed by atoms with van der Waals surface area (Å²) in [5, 5.41) is 0. The summed E-state index contributed by atoms with van der Waals surface area (Å²) in [7, 11) is 0. The Morgan fingerprint density at radius 2 is 1.67 bits per heavy atom. The topological polar surface area (TPSA) is 29.3 Å². The molecule has 2 aliphatic rings. The van der Waals surface area contributed by atoms with Crippen molar-refractivity contribution in [2.75, 3.05) is 6.54 Å². The Kier molecular flexibility index (Phi) is 3.09. The zero-order valence-corrected chi connectivity index (χ0v) is 10.5. The van der Waals surface area contributed by atoms with Crippen LogP contribution in [0.15, 0.2) is 0 Å². The molecule has 2 nitrogen and oxygen atoms in total. The van der Waals surface area contributed by atoms with E-state index in [0.717, 1.165) is 11.8 Å². The van der Waals surface area contributed by atoms with Crippen LogP contribution in [0.5, 0.6) is 0 Å².